The summed E-state index contributed by atoms with van der Waals surface area (Å²) in [4.78, 5) is 10.1. The van der Waals surface area contributed by atoms with Gasteiger partial charge in [0, 0.05) is 45.4 Å². The van der Waals surface area contributed by atoms with Gasteiger partial charge in [-0.2, -0.15) is 0 Å². The van der Waals surface area contributed by atoms with Gasteiger partial charge >= 0.3 is 0 Å². The third-order valence-electron chi connectivity index (χ3n) is 6.17. The lowest BCUT2D eigenvalue weighted by atomic mass is 9.89. The molecular formula is C32H22N2. The molecule has 0 aliphatic rings. The van der Waals surface area contributed by atoms with E-state index in [0.717, 1.165) is 50.2 Å². The van der Waals surface area contributed by atoms with E-state index in [-0.39, 0.29) is 0 Å². The summed E-state index contributed by atoms with van der Waals surface area (Å²) < 4.78 is 0. The molecule has 2 heterocycles. The van der Waals surface area contributed by atoms with Crippen molar-refractivity contribution < 1.29 is 0 Å². The zero-order valence-electron chi connectivity index (χ0n) is 18.6. The minimum absolute atomic E-state index is 0.944. The largest absolute Gasteiger partial charge is 0.255 e. The highest BCUT2D eigenvalue weighted by atomic mass is 14.7. The quantitative estimate of drug-likeness (QED) is 0.279. The van der Waals surface area contributed by atoms with Crippen LogP contribution in [0.1, 0.15) is 0 Å². The molecule has 6 rings (SSSR count). The number of aromatic nitrogens is 2. The molecule has 6 aromatic rings. The minimum Gasteiger partial charge on any atom is -0.255 e. The molecule has 0 radical (unpaired) electrons. The van der Waals surface area contributed by atoms with Crippen molar-refractivity contribution in [1.29, 1.82) is 0 Å². The molecule has 160 valence electrons. The van der Waals surface area contributed by atoms with Crippen LogP contribution in [0.15, 0.2) is 134 Å². The zero-order valence-corrected chi connectivity index (χ0v) is 18.6. The van der Waals surface area contributed by atoms with Gasteiger partial charge < -0.3 is 0 Å². The Hall–Kier alpha value is -4.56. The molecule has 0 unspecified atom stereocenters. The molecule has 34 heavy (non-hydrogen) atoms. The zero-order chi connectivity index (χ0) is 22.7. The van der Waals surface area contributed by atoms with E-state index in [2.05, 4.69) is 97.1 Å². The van der Waals surface area contributed by atoms with Crippen molar-refractivity contribution in [3.8, 4) is 44.8 Å². The second-order valence-corrected chi connectivity index (χ2v) is 8.26. The molecule has 0 amide bonds. The fourth-order valence-corrected chi connectivity index (χ4v) is 4.58. The first-order chi connectivity index (χ1) is 16.9. The van der Waals surface area contributed by atoms with Gasteiger partial charge in [-0.1, -0.05) is 121 Å². The summed E-state index contributed by atoms with van der Waals surface area (Å²) in [6.07, 6.45) is 4.03. The van der Waals surface area contributed by atoms with E-state index in [0.29, 0.717) is 0 Å². The van der Waals surface area contributed by atoms with Gasteiger partial charge in [0.15, 0.2) is 0 Å². The standard InChI is InChI=1S/C32H22N2/c1-5-13-23(14-6-1)27-21-33-31(25-17-9-3-10-18-25)30-29(27)28(24-15-7-2-8-16-24)22-34-32(30)26-19-11-4-12-20-26/h1-22H. The molecule has 0 spiro atoms. The molecule has 0 aliphatic heterocycles. The summed E-state index contributed by atoms with van der Waals surface area (Å²) >= 11 is 0. The van der Waals surface area contributed by atoms with Crippen LogP contribution in [0.25, 0.3) is 55.5 Å². The van der Waals surface area contributed by atoms with Crippen molar-refractivity contribution in [1.82, 2.24) is 9.97 Å². The Kier molecular flexibility index (Phi) is 5.17. The maximum absolute atomic E-state index is 5.03. The van der Waals surface area contributed by atoms with Gasteiger partial charge in [-0.3, -0.25) is 9.97 Å². The van der Waals surface area contributed by atoms with Gasteiger partial charge in [-0.05, 0) is 11.1 Å². The van der Waals surface area contributed by atoms with E-state index in [1.165, 1.54) is 5.39 Å². The third kappa shape index (κ3) is 3.56. The van der Waals surface area contributed by atoms with Crippen LogP contribution >= 0.6 is 0 Å². The van der Waals surface area contributed by atoms with E-state index in [1.807, 2.05) is 36.7 Å². The van der Waals surface area contributed by atoms with Gasteiger partial charge in [0.05, 0.1) is 11.4 Å². The van der Waals surface area contributed by atoms with Gasteiger partial charge in [0.25, 0.3) is 0 Å². The van der Waals surface area contributed by atoms with Crippen LogP contribution in [0.5, 0.6) is 0 Å². The van der Waals surface area contributed by atoms with E-state index in [1.54, 1.807) is 0 Å². The molecule has 0 bridgehead atoms. The minimum atomic E-state index is 0.944. The number of hydrogen-bond acceptors (Lipinski definition) is 2. The Morgan fingerprint density at radius 2 is 0.647 bits per heavy atom. The van der Waals surface area contributed by atoms with Crippen LogP contribution in [-0.2, 0) is 0 Å². The van der Waals surface area contributed by atoms with Crippen LogP contribution in [0.3, 0.4) is 0 Å². The number of hydrogen-bond donors (Lipinski definition) is 0. The molecule has 2 nitrogen and oxygen atoms in total. The lowest BCUT2D eigenvalue weighted by Gasteiger charge is -2.18. The average molecular weight is 435 g/mol. The van der Waals surface area contributed by atoms with Crippen LogP contribution in [0.2, 0.25) is 0 Å². The summed E-state index contributed by atoms with van der Waals surface area (Å²) in [6, 6.07) is 41.8. The lowest BCUT2D eigenvalue weighted by Crippen LogP contribution is -1.97. The molecule has 0 atom stereocenters. The van der Waals surface area contributed by atoms with E-state index in [9.17, 15) is 0 Å². The first-order valence-corrected chi connectivity index (χ1v) is 11.4. The Labute approximate surface area is 199 Å². The highest BCUT2D eigenvalue weighted by Crippen LogP contribution is 2.43. The predicted octanol–water partition coefficient (Wildman–Crippen LogP) is 8.30. The molecule has 0 saturated carbocycles. The Balaban J connectivity index is 1.80. The second-order valence-electron chi connectivity index (χ2n) is 8.26. The molecule has 2 aromatic heterocycles. The summed E-state index contributed by atoms with van der Waals surface area (Å²) in [6.45, 7) is 0. The van der Waals surface area contributed by atoms with Crippen LogP contribution < -0.4 is 0 Å². The Morgan fingerprint density at radius 3 is 1.00 bits per heavy atom. The lowest BCUT2D eigenvalue weighted by molar-refractivity contribution is 1.31. The number of fused-ring (bicyclic) bond motifs is 1. The van der Waals surface area contributed by atoms with Crippen molar-refractivity contribution in [3.63, 3.8) is 0 Å². The highest BCUT2D eigenvalue weighted by molar-refractivity contribution is 6.15. The Morgan fingerprint density at radius 1 is 0.324 bits per heavy atom. The van der Waals surface area contributed by atoms with Crippen molar-refractivity contribution in [2.45, 2.75) is 0 Å². The van der Waals surface area contributed by atoms with Crippen molar-refractivity contribution >= 4 is 10.8 Å². The van der Waals surface area contributed by atoms with E-state index >= 15 is 0 Å². The van der Waals surface area contributed by atoms with Crippen LogP contribution in [0.4, 0.5) is 0 Å². The third-order valence-corrected chi connectivity index (χ3v) is 6.17. The fourth-order valence-electron chi connectivity index (χ4n) is 4.58. The predicted molar refractivity (Wildman–Crippen MR) is 141 cm³/mol. The summed E-state index contributed by atoms with van der Waals surface area (Å²) in [7, 11) is 0. The molecular weight excluding hydrogens is 412 g/mol. The smallest absolute Gasteiger partial charge is 0.0802 e. The highest BCUT2D eigenvalue weighted by Gasteiger charge is 2.20. The normalized spacial score (nSPS) is 10.9. The SMILES string of the molecule is c1ccc(-c2cnc(-c3ccccc3)c3c(-c4ccccc4)ncc(-c4ccccc4)c23)cc1. The summed E-state index contributed by atoms with van der Waals surface area (Å²) in [5.41, 5.74) is 8.54. The molecule has 0 aliphatic carbocycles. The van der Waals surface area contributed by atoms with E-state index < -0.39 is 0 Å². The number of rotatable bonds is 4. The molecule has 0 N–H and O–H groups in total. The van der Waals surface area contributed by atoms with Crippen LogP contribution in [0, 0.1) is 0 Å². The Bertz CT molecular complexity index is 1320. The molecule has 0 saturated heterocycles. The number of nitrogens with zero attached hydrogens (tertiary/aromatic N) is 2. The average Bonchev–Trinajstić information content (AvgIpc) is 2.94. The summed E-state index contributed by atoms with van der Waals surface area (Å²) in [5, 5.41) is 2.24. The van der Waals surface area contributed by atoms with Gasteiger partial charge in [-0.25, -0.2) is 0 Å². The molecule has 4 aromatic carbocycles. The molecule has 0 fully saturated rings. The fraction of sp³-hybridized carbons (Fsp3) is 0. The first-order valence-electron chi connectivity index (χ1n) is 11.4. The van der Waals surface area contributed by atoms with Crippen molar-refractivity contribution in [2.24, 2.45) is 0 Å². The van der Waals surface area contributed by atoms with Crippen molar-refractivity contribution in [2.75, 3.05) is 0 Å². The first kappa shape index (κ1) is 20.1. The van der Waals surface area contributed by atoms with Crippen molar-refractivity contribution in [3.05, 3.63) is 134 Å². The van der Waals surface area contributed by atoms with Gasteiger partial charge in [-0.15, -0.1) is 0 Å². The summed E-state index contributed by atoms with van der Waals surface area (Å²) in [5.74, 6) is 0. The maximum atomic E-state index is 5.03. The van der Waals surface area contributed by atoms with Crippen LogP contribution in [-0.4, -0.2) is 9.97 Å². The number of benzene rings is 4. The maximum Gasteiger partial charge on any atom is 0.0802 e. The topological polar surface area (TPSA) is 25.8 Å². The van der Waals surface area contributed by atoms with Gasteiger partial charge in [0.2, 0.25) is 0 Å². The monoisotopic (exact) mass is 434 g/mol. The number of pyridine rings is 2. The van der Waals surface area contributed by atoms with E-state index in [4.69, 9.17) is 9.97 Å². The van der Waals surface area contributed by atoms with Gasteiger partial charge in [0.1, 0.15) is 0 Å². The molecule has 2 heteroatoms. The second kappa shape index (κ2) is 8.76.